The molecule has 0 unspecified atom stereocenters. The Labute approximate surface area is 124 Å². The van der Waals surface area contributed by atoms with Gasteiger partial charge in [0.1, 0.15) is 8.24 Å². The zero-order valence-corrected chi connectivity index (χ0v) is 15.2. The second kappa shape index (κ2) is 13.2. The molecule has 1 N–H and O–H groups in total. The first kappa shape index (κ1) is 19.2. The Kier molecular flexibility index (Phi) is 13.3. The van der Waals surface area contributed by atoms with Gasteiger partial charge in [-0.25, -0.2) is 0 Å². The van der Waals surface area contributed by atoms with E-state index in [-0.39, 0.29) is 0 Å². The summed E-state index contributed by atoms with van der Waals surface area (Å²) in [6.07, 6.45) is 17.3. The number of rotatable bonds is 14. The second-order valence-corrected chi connectivity index (χ2v) is 11.9. The van der Waals surface area contributed by atoms with Gasteiger partial charge in [0.25, 0.3) is 0 Å². The lowest BCUT2D eigenvalue weighted by molar-refractivity contribution is 0.543. The molecular formula is C17H39NSi. The molecule has 0 aliphatic heterocycles. The van der Waals surface area contributed by atoms with Gasteiger partial charge >= 0.3 is 0 Å². The smallest absolute Gasteiger partial charge is 0.116 e. The molecule has 0 amide bonds. The van der Waals surface area contributed by atoms with Gasteiger partial charge in [0.2, 0.25) is 0 Å². The van der Waals surface area contributed by atoms with Gasteiger partial charge < -0.3 is 4.98 Å². The van der Waals surface area contributed by atoms with Crippen molar-refractivity contribution in [3.05, 3.63) is 0 Å². The fraction of sp³-hybridized carbons (Fsp3) is 1.00. The van der Waals surface area contributed by atoms with Crippen LogP contribution in [0.2, 0.25) is 19.6 Å². The second-order valence-electron chi connectivity index (χ2n) is 7.07. The number of nitrogens with one attached hydrogen (secondary N) is 1. The first-order valence-electron chi connectivity index (χ1n) is 8.81. The van der Waals surface area contributed by atoms with Gasteiger partial charge in [-0.2, -0.15) is 0 Å². The lowest BCUT2D eigenvalue weighted by Crippen LogP contribution is -2.41. The Morgan fingerprint density at radius 2 is 0.947 bits per heavy atom. The minimum Gasteiger partial charge on any atom is -0.337 e. The molecule has 0 saturated carbocycles. The maximum absolute atomic E-state index is 3.70. The minimum atomic E-state index is -1.01. The van der Waals surface area contributed by atoms with Crippen LogP contribution in [0.3, 0.4) is 0 Å². The van der Waals surface area contributed by atoms with Gasteiger partial charge in [0.15, 0.2) is 0 Å². The van der Waals surface area contributed by atoms with E-state index in [1.54, 1.807) is 0 Å². The van der Waals surface area contributed by atoms with Gasteiger partial charge in [0, 0.05) is 0 Å². The van der Waals surface area contributed by atoms with Crippen molar-refractivity contribution < 1.29 is 0 Å². The summed E-state index contributed by atoms with van der Waals surface area (Å²) in [6.45, 7) is 10.7. The monoisotopic (exact) mass is 285 g/mol. The van der Waals surface area contributed by atoms with E-state index < -0.39 is 8.24 Å². The van der Waals surface area contributed by atoms with Crippen LogP contribution in [0, 0.1) is 0 Å². The summed E-state index contributed by atoms with van der Waals surface area (Å²) < 4.78 is 0. The number of hydrogen-bond donors (Lipinski definition) is 1. The topological polar surface area (TPSA) is 12.0 Å². The Bertz CT molecular complexity index is 175. The Hall–Kier alpha value is 0.177. The zero-order valence-electron chi connectivity index (χ0n) is 14.2. The summed E-state index contributed by atoms with van der Waals surface area (Å²) in [4.78, 5) is 3.70. The third kappa shape index (κ3) is 18.2. The van der Waals surface area contributed by atoms with Crippen molar-refractivity contribution in [1.82, 2.24) is 4.98 Å². The van der Waals surface area contributed by atoms with Crippen molar-refractivity contribution in [2.45, 2.75) is 104 Å². The van der Waals surface area contributed by atoms with Gasteiger partial charge in [-0.1, -0.05) is 97.2 Å². The summed E-state index contributed by atoms with van der Waals surface area (Å²) >= 11 is 0. The van der Waals surface area contributed by atoms with Crippen molar-refractivity contribution in [3.8, 4) is 0 Å². The van der Waals surface area contributed by atoms with E-state index in [4.69, 9.17) is 0 Å². The van der Waals surface area contributed by atoms with Crippen LogP contribution >= 0.6 is 0 Å². The largest absolute Gasteiger partial charge is 0.337 e. The van der Waals surface area contributed by atoms with E-state index >= 15 is 0 Å². The van der Waals surface area contributed by atoms with E-state index in [1.807, 2.05) is 0 Å². The quantitative estimate of drug-likeness (QED) is 0.300. The highest BCUT2D eigenvalue weighted by atomic mass is 28.3. The maximum atomic E-state index is 3.70. The van der Waals surface area contributed by atoms with Crippen LogP contribution in [0.25, 0.3) is 0 Å². The van der Waals surface area contributed by atoms with Crippen LogP contribution in [-0.4, -0.2) is 14.8 Å². The summed E-state index contributed by atoms with van der Waals surface area (Å²) in [5.74, 6) is 0. The normalized spacial score (nSPS) is 12.0. The highest BCUT2D eigenvalue weighted by Crippen LogP contribution is 2.11. The summed E-state index contributed by atoms with van der Waals surface area (Å²) in [7, 11) is -1.01. The highest BCUT2D eigenvalue weighted by Gasteiger charge is 2.10. The lowest BCUT2D eigenvalue weighted by Gasteiger charge is -2.17. The third-order valence-electron chi connectivity index (χ3n) is 3.69. The van der Waals surface area contributed by atoms with Crippen LogP contribution in [0.4, 0.5) is 0 Å². The molecule has 0 atom stereocenters. The van der Waals surface area contributed by atoms with Gasteiger partial charge in [-0.3, -0.25) is 0 Å². The van der Waals surface area contributed by atoms with Crippen molar-refractivity contribution in [2.75, 3.05) is 6.54 Å². The number of hydrogen-bond acceptors (Lipinski definition) is 1. The van der Waals surface area contributed by atoms with E-state index in [0.717, 1.165) is 0 Å². The molecule has 0 aliphatic rings. The molecule has 0 fully saturated rings. The Morgan fingerprint density at radius 1 is 0.579 bits per heavy atom. The van der Waals surface area contributed by atoms with Crippen LogP contribution in [0.1, 0.15) is 84.0 Å². The van der Waals surface area contributed by atoms with Crippen molar-refractivity contribution in [3.63, 3.8) is 0 Å². The lowest BCUT2D eigenvalue weighted by atomic mass is 10.1. The van der Waals surface area contributed by atoms with E-state index in [0.29, 0.717) is 0 Å². The average molecular weight is 286 g/mol. The van der Waals surface area contributed by atoms with Crippen molar-refractivity contribution in [2.24, 2.45) is 0 Å². The van der Waals surface area contributed by atoms with Crippen LogP contribution in [0.15, 0.2) is 0 Å². The number of unbranched alkanes of at least 4 members (excludes halogenated alkanes) is 11. The SMILES string of the molecule is CCCCCCCCCCCCCCN[Si](C)(C)C. The first-order chi connectivity index (χ1) is 9.06. The molecule has 0 aliphatic carbocycles. The van der Waals surface area contributed by atoms with Crippen LogP contribution in [-0.2, 0) is 0 Å². The summed E-state index contributed by atoms with van der Waals surface area (Å²) in [5.41, 5.74) is 0. The molecule has 19 heavy (non-hydrogen) atoms. The van der Waals surface area contributed by atoms with Gasteiger partial charge in [-0.15, -0.1) is 0 Å². The molecular weight excluding hydrogens is 246 g/mol. The fourth-order valence-electron chi connectivity index (χ4n) is 2.43. The zero-order chi connectivity index (χ0) is 14.4. The molecule has 0 saturated heterocycles. The molecule has 2 heteroatoms. The van der Waals surface area contributed by atoms with Gasteiger partial charge in [-0.05, 0) is 13.0 Å². The predicted molar refractivity (Wildman–Crippen MR) is 92.4 cm³/mol. The van der Waals surface area contributed by atoms with E-state index in [1.165, 1.54) is 83.6 Å². The van der Waals surface area contributed by atoms with Crippen molar-refractivity contribution >= 4 is 8.24 Å². The van der Waals surface area contributed by atoms with Crippen LogP contribution in [0.5, 0.6) is 0 Å². The summed E-state index contributed by atoms with van der Waals surface area (Å²) in [5, 5.41) is 0. The standard InChI is InChI=1S/C17H39NSi/c1-5-6-7-8-9-10-11-12-13-14-15-16-17-18-19(2,3)4/h18H,5-17H2,1-4H3. The molecule has 0 aromatic carbocycles. The molecule has 0 rings (SSSR count). The molecule has 1 nitrogen and oxygen atoms in total. The fourth-order valence-corrected chi connectivity index (χ4v) is 3.36. The Morgan fingerprint density at radius 3 is 1.32 bits per heavy atom. The molecule has 0 aromatic heterocycles. The molecule has 0 bridgehead atoms. The first-order valence-corrected chi connectivity index (χ1v) is 12.3. The highest BCUT2D eigenvalue weighted by molar-refractivity contribution is 6.73. The third-order valence-corrected chi connectivity index (χ3v) is 5.00. The predicted octanol–water partition coefficient (Wildman–Crippen LogP) is 6.11. The minimum absolute atomic E-state index is 1.01. The average Bonchev–Trinajstić information content (AvgIpc) is 2.34. The maximum Gasteiger partial charge on any atom is 0.116 e. The Balaban J connectivity index is 2.99. The van der Waals surface area contributed by atoms with Crippen molar-refractivity contribution in [1.29, 1.82) is 0 Å². The van der Waals surface area contributed by atoms with Gasteiger partial charge in [0.05, 0.1) is 0 Å². The molecule has 0 radical (unpaired) electrons. The van der Waals surface area contributed by atoms with E-state index in [2.05, 4.69) is 31.5 Å². The molecule has 0 aromatic rings. The molecule has 0 spiro atoms. The molecule has 0 heterocycles. The summed E-state index contributed by atoms with van der Waals surface area (Å²) in [6, 6.07) is 0. The van der Waals surface area contributed by atoms with E-state index in [9.17, 15) is 0 Å². The molecule has 116 valence electrons. The van der Waals surface area contributed by atoms with Crippen LogP contribution < -0.4 is 4.98 Å².